The predicted molar refractivity (Wildman–Crippen MR) is 120 cm³/mol. The second kappa shape index (κ2) is 9.07. The normalized spacial score (nSPS) is 14.8. The molecule has 1 aliphatic rings. The van der Waals surface area contributed by atoms with Gasteiger partial charge in [0.05, 0.1) is 29.1 Å². The monoisotopic (exact) mass is 476 g/mol. The summed E-state index contributed by atoms with van der Waals surface area (Å²) in [6.45, 7) is 1.65. The average molecular weight is 476 g/mol. The molecular weight excluding hydrogens is 456 g/mol. The molecule has 0 aliphatic carbocycles. The summed E-state index contributed by atoms with van der Waals surface area (Å²) in [6.07, 6.45) is -4.98. The van der Waals surface area contributed by atoms with Gasteiger partial charge in [0.2, 0.25) is 0 Å². The first-order valence-electron chi connectivity index (χ1n) is 10.0. The van der Waals surface area contributed by atoms with Crippen LogP contribution in [0.3, 0.4) is 0 Å². The first-order valence-corrected chi connectivity index (χ1v) is 11.0. The van der Waals surface area contributed by atoms with Crippen LogP contribution >= 0.6 is 11.8 Å². The SMILES string of the molecule is CONC(=C1CSc2c(Cc3c(F)cccc3C(F)(F)F)c(C)cc(=O)n21)c1ccccc1. The van der Waals surface area contributed by atoms with Crippen LogP contribution in [0.5, 0.6) is 0 Å². The molecule has 0 unspecified atom stereocenters. The van der Waals surface area contributed by atoms with E-state index in [0.29, 0.717) is 33.3 Å². The summed E-state index contributed by atoms with van der Waals surface area (Å²) >= 11 is 1.32. The maximum atomic E-state index is 14.5. The quantitative estimate of drug-likeness (QED) is 0.391. The smallest absolute Gasteiger partial charge is 0.279 e. The van der Waals surface area contributed by atoms with Gasteiger partial charge in [0.15, 0.2) is 0 Å². The van der Waals surface area contributed by atoms with Gasteiger partial charge in [0, 0.05) is 29.4 Å². The zero-order chi connectivity index (χ0) is 23.8. The fourth-order valence-corrected chi connectivity index (χ4v) is 5.20. The number of hydrogen-bond donors (Lipinski definition) is 1. The van der Waals surface area contributed by atoms with E-state index in [9.17, 15) is 22.4 Å². The number of halogens is 4. The van der Waals surface area contributed by atoms with Crippen molar-refractivity contribution in [2.24, 2.45) is 0 Å². The van der Waals surface area contributed by atoms with E-state index in [0.717, 1.165) is 23.8 Å². The van der Waals surface area contributed by atoms with E-state index >= 15 is 0 Å². The third-order valence-electron chi connectivity index (χ3n) is 5.45. The molecular formula is C24H20F4N2O2S. The Hall–Kier alpha value is -3.04. The largest absolute Gasteiger partial charge is 0.416 e. The van der Waals surface area contributed by atoms with Gasteiger partial charge in [-0.15, -0.1) is 11.8 Å². The molecule has 2 heterocycles. The summed E-state index contributed by atoms with van der Waals surface area (Å²) < 4.78 is 56.7. The molecule has 0 bridgehead atoms. The number of hydroxylamine groups is 1. The second-order valence-corrected chi connectivity index (χ2v) is 8.47. The van der Waals surface area contributed by atoms with Gasteiger partial charge < -0.3 is 0 Å². The molecule has 2 aromatic carbocycles. The first-order chi connectivity index (χ1) is 15.7. The molecule has 0 saturated heterocycles. The van der Waals surface area contributed by atoms with Crippen LogP contribution in [0.15, 0.2) is 64.4 Å². The Labute approximate surface area is 191 Å². The van der Waals surface area contributed by atoms with Gasteiger partial charge in [-0.3, -0.25) is 19.7 Å². The van der Waals surface area contributed by atoms with E-state index in [1.807, 2.05) is 30.3 Å². The summed E-state index contributed by atoms with van der Waals surface area (Å²) in [7, 11) is 1.45. The van der Waals surface area contributed by atoms with Gasteiger partial charge >= 0.3 is 6.18 Å². The highest BCUT2D eigenvalue weighted by molar-refractivity contribution is 8.00. The number of thioether (sulfide) groups is 1. The number of hydrogen-bond acceptors (Lipinski definition) is 4. The van der Waals surface area contributed by atoms with Crippen LogP contribution in [0, 0.1) is 12.7 Å². The Balaban J connectivity index is 1.90. The van der Waals surface area contributed by atoms with E-state index in [-0.39, 0.29) is 12.0 Å². The van der Waals surface area contributed by atoms with Crippen molar-refractivity contribution in [1.82, 2.24) is 10.0 Å². The minimum atomic E-state index is -4.69. The molecule has 0 radical (unpaired) electrons. The summed E-state index contributed by atoms with van der Waals surface area (Å²) in [5.41, 5.74) is 4.01. The van der Waals surface area contributed by atoms with Gasteiger partial charge in [-0.2, -0.15) is 13.2 Å². The highest BCUT2D eigenvalue weighted by Crippen LogP contribution is 2.40. The van der Waals surface area contributed by atoms with Gasteiger partial charge in [-0.1, -0.05) is 36.4 Å². The number of aromatic nitrogens is 1. The zero-order valence-electron chi connectivity index (χ0n) is 17.8. The molecule has 1 aliphatic heterocycles. The standard InChI is InChI=1S/C24H20F4N2O2S/c1-14-11-21(31)30-20(22(29-32-2)15-7-4-3-5-8-15)13-33-23(30)16(14)12-17-18(24(26,27)28)9-6-10-19(17)25/h3-11,29H,12-13H2,1-2H3. The van der Waals surface area contributed by atoms with Crippen LogP contribution in [-0.2, 0) is 17.4 Å². The fourth-order valence-electron chi connectivity index (χ4n) is 3.92. The molecule has 33 heavy (non-hydrogen) atoms. The lowest BCUT2D eigenvalue weighted by molar-refractivity contribution is -0.138. The lowest BCUT2D eigenvalue weighted by Gasteiger charge is -2.18. The van der Waals surface area contributed by atoms with Crippen molar-refractivity contribution in [2.75, 3.05) is 12.9 Å². The van der Waals surface area contributed by atoms with Gasteiger partial charge in [-0.05, 0) is 30.2 Å². The minimum Gasteiger partial charge on any atom is -0.279 e. The molecule has 0 spiro atoms. The Kier molecular flexibility index (Phi) is 6.36. The summed E-state index contributed by atoms with van der Waals surface area (Å²) in [4.78, 5) is 18.1. The molecule has 0 amide bonds. The molecule has 9 heteroatoms. The maximum absolute atomic E-state index is 14.5. The summed E-state index contributed by atoms with van der Waals surface area (Å²) in [5.74, 6) is -0.547. The molecule has 3 aromatic rings. The number of alkyl halides is 3. The van der Waals surface area contributed by atoms with Gasteiger partial charge in [-0.25, -0.2) is 4.39 Å². The van der Waals surface area contributed by atoms with E-state index in [1.54, 1.807) is 6.92 Å². The van der Waals surface area contributed by atoms with Gasteiger partial charge in [0.1, 0.15) is 5.82 Å². The minimum absolute atomic E-state index is 0.290. The van der Waals surface area contributed by atoms with Crippen molar-refractivity contribution in [3.63, 3.8) is 0 Å². The summed E-state index contributed by atoms with van der Waals surface area (Å²) in [6, 6.07) is 13.6. The van der Waals surface area contributed by atoms with Crippen molar-refractivity contribution >= 4 is 23.2 Å². The zero-order valence-corrected chi connectivity index (χ0v) is 18.6. The Morgan fingerprint density at radius 3 is 2.52 bits per heavy atom. The molecule has 0 saturated carbocycles. The van der Waals surface area contributed by atoms with Crippen molar-refractivity contribution in [3.05, 3.63) is 98.6 Å². The van der Waals surface area contributed by atoms with Crippen LogP contribution < -0.4 is 11.0 Å². The summed E-state index contributed by atoms with van der Waals surface area (Å²) in [5, 5.41) is 0.498. The highest BCUT2D eigenvalue weighted by atomic mass is 32.2. The molecule has 172 valence electrons. The van der Waals surface area contributed by atoms with Crippen molar-refractivity contribution < 1.29 is 22.4 Å². The van der Waals surface area contributed by atoms with Crippen LogP contribution in [-0.4, -0.2) is 17.4 Å². The number of benzene rings is 2. The lowest BCUT2D eigenvalue weighted by atomic mass is 9.97. The van der Waals surface area contributed by atoms with E-state index < -0.39 is 23.1 Å². The number of pyridine rings is 1. The number of aryl methyl sites for hydroxylation is 1. The molecule has 4 nitrogen and oxygen atoms in total. The molecule has 1 aromatic heterocycles. The third-order valence-corrected chi connectivity index (χ3v) is 6.57. The Morgan fingerprint density at radius 1 is 1.12 bits per heavy atom. The van der Waals surface area contributed by atoms with Crippen LogP contribution in [0.1, 0.15) is 27.8 Å². The fraction of sp³-hybridized carbons (Fsp3) is 0.208. The van der Waals surface area contributed by atoms with E-state index in [1.165, 1.54) is 29.5 Å². The number of rotatable bonds is 5. The van der Waals surface area contributed by atoms with Crippen LogP contribution in [0.2, 0.25) is 0 Å². The number of nitrogens with one attached hydrogen (secondary N) is 1. The van der Waals surface area contributed by atoms with Crippen molar-refractivity contribution in [3.8, 4) is 0 Å². The Bertz CT molecular complexity index is 1280. The van der Waals surface area contributed by atoms with Crippen LogP contribution in [0.25, 0.3) is 11.4 Å². The number of nitrogens with zero attached hydrogens (tertiary/aromatic N) is 1. The average Bonchev–Trinajstić information content (AvgIpc) is 3.21. The molecule has 0 atom stereocenters. The maximum Gasteiger partial charge on any atom is 0.416 e. The van der Waals surface area contributed by atoms with Crippen molar-refractivity contribution in [2.45, 2.75) is 24.5 Å². The number of fused-ring (bicyclic) bond motifs is 1. The van der Waals surface area contributed by atoms with E-state index in [4.69, 9.17) is 4.84 Å². The Morgan fingerprint density at radius 2 is 1.85 bits per heavy atom. The molecule has 1 N–H and O–H groups in total. The highest BCUT2D eigenvalue weighted by Gasteiger charge is 2.35. The second-order valence-electron chi connectivity index (χ2n) is 7.51. The van der Waals surface area contributed by atoms with Gasteiger partial charge in [0.25, 0.3) is 5.56 Å². The topological polar surface area (TPSA) is 43.3 Å². The third kappa shape index (κ3) is 4.43. The molecule has 0 fully saturated rings. The van der Waals surface area contributed by atoms with Crippen LogP contribution in [0.4, 0.5) is 17.6 Å². The van der Waals surface area contributed by atoms with E-state index in [2.05, 4.69) is 5.48 Å². The predicted octanol–water partition coefficient (Wildman–Crippen LogP) is 5.49. The lowest BCUT2D eigenvalue weighted by Crippen LogP contribution is -2.23. The first kappa shape index (κ1) is 23.1. The molecule has 4 rings (SSSR count). The van der Waals surface area contributed by atoms with Crippen molar-refractivity contribution in [1.29, 1.82) is 0 Å².